The lowest BCUT2D eigenvalue weighted by molar-refractivity contribution is 0.0564. The summed E-state index contributed by atoms with van der Waals surface area (Å²) >= 11 is 0. The van der Waals surface area contributed by atoms with E-state index < -0.39 is 5.97 Å². The molecule has 0 fully saturated rings. The third-order valence-electron chi connectivity index (χ3n) is 3.39. The van der Waals surface area contributed by atoms with Gasteiger partial charge in [-0.3, -0.25) is 0 Å². The van der Waals surface area contributed by atoms with Crippen molar-refractivity contribution in [1.82, 2.24) is 10.1 Å². The maximum absolute atomic E-state index is 11.4. The van der Waals surface area contributed by atoms with Gasteiger partial charge in [-0.1, -0.05) is 35.0 Å². The Hall–Kier alpha value is -3.66. The molecule has 0 atom stereocenters. The predicted molar refractivity (Wildman–Crippen MR) is 88.0 cm³/mol. The van der Waals surface area contributed by atoms with Gasteiger partial charge in [0.05, 0.1) is 7.11 Å². The van der Waals surface area contributed by atoms with Crippen LogP contribution in [-0.4, -0.2) is 23.2 Å². The van der Waals surface area contributed by atoms with Crippen molar-refractivity contribution in [3.05, 3.63) is 59.4 Å². The second kappa shape index (κ2) is 6.84. The highest BCUT2D eigenvalue weighted by Gasteiger charge is 2.15. The van der Waals surface area contributed by atoms with Gasteiger partial charge in [0.2, 0.25) is 11.6 Å². The summed E-state index contributed by atoms with van der Waals surface area (Å²) in [6, 6.07) is 12.6. The van der Waals surface area contributed by atoms with E-state index in [9.17, 15) is 10.1 Å². The molecule has 0 bridgehead atoms. The number of aryl methyl sites for hydroxylation is 1. The van der Waals surface area contributed by atoms with E-state index in [1.807, 2.05) is 37.3 Å². The molecule has 7 heteroatoms. The fourth-order valence-electron chi connectivity index (χ4n) is 2.08. The minimum Gasteiger partial charge on any atom is -0.463 e. The van der Waals surface area contributed by atoms with E-state index in [1.165, 1.54) is 19.3 Å². The first-order valence-electron chi connectivity index (χ1n) is 7.32. The highest BCUT2D eigenvalue weighted by atomic mass is 16.5. The van der Waals surface area contributed by atoms with Crippen molar-refractivity contribution in [3.63, 3.8) is 0 Å². The lowest BCUT2D eigenvalue weighted by Gasteiger charge is -1.94. The van der Waals surface area contributed by atoms with E-state index in [2.05, 4.69) is 14.9 Å². The van der Waals surface area contributed by atoms with Gasteiger partial charge in [0.25, 0.3) is 5.89 Å². The van der Waals surface area contributed by atoms with Crippen LogP contribution in [0.1, 0.15) is 27.8 Å². The molecule has 25 heavy (non-hydrogen) atoms. The molecule has 3 rings (SSSR count). The maximum atomic E-state index is 11.4. The van der Waals surface area contributed by atoms with Gasteiger partial charge < -0.3 is 13.7 Å². The molecule has 0 aliphatic rings. The second-order valence-corrected chi connectivity index (χ2v) is 5.15. The average molecular weight is 335 g/mol. The molecular weight excluding hydrogens is 322 g/mol. The molecule has 0 aliphatic carbocycles. The van der Waals surface area contributed by atoms with Crippen LogP contribution in [-0.2, 0) is 4.74 Å². The fraction of sp³-hybridized carbons (Fsp3) is 0.111. The van der Waals surface area contributed by atoms with Crippen LogP contribution in [0.25, 0.3) is 23.0 Å². The Bertz CT molecular complexity index is 974. The standard InChI is InChI=1S/C18H13N3O4/c1-11-3-5-12(6-4-11)16-20-17(25-21-16)13(10-19)9-14-7-8-15(24-14)18(22)23-2/h3-9H,1-2H3/b13-9+. The van der Waals surface area contributed by atoms with Crippen molar-refractivity contribution in [3.8, 4) is 17.5 Å². The molecule has 0 amide bonds. The normalized spacial score (nSPS) is 11.2. The van der Waals surface area contributed by atoms with Crippen molar-refractivity contribution >= 4 is 17.6 Å². The second-order valence-electron chi connectivity index (χ2n) is 5.15. The molecule has 0 spiro atoms. The van der Waals surface area contributed by atoms with Crippen LogP contribution in [0.3, 0.4) is 0 Å². The topological polar surface area (TPSA) is 102 Å². The van der Waals surface area contributed by atoms with Crippen LogP contribution in [0, 0.1) is 18.3 Å². The fourth-order valence-corrected chi connectivity index (χ4v) is 2.08. The lowest BCUT2D eigenvalue weighted by Crippen LogP contribution is -1.98. The molecule has 2 heterocycles. The monoisotopic (exact) mass is 335 g/mol. The number of methoxy groups -OCH3 is 1. The number of allylic oxidation sites excluding steroid dienone is 1. The van der Waals surface area contributed by atoms with Crippen LogP contribution < -0.4 is 0 Å². The molecule has 124 valence electrons. The number of carbonyl (C=O) groups excluding carboxylic acids is 1. The predicted octanol–water partition coefficient (Wildman–Crippen LogP) is 3.49. The molecule has 3 aromatic rings. The molecule has 2 aromatic heterocycles. The molecule has 0 aliphatic heterocycles. The number of hydrogen-bond donors (Lipinski definition) is 0. The molecule has 0 unspecified atom stereocenters. The van der Waals surface area contributed by atoms with E-state index in [0.29, 0.717) is 11.6 Å². The number of rotatable bonds is 4. The highest BCUT2D eigenvalue weighted by Crippen LogP contribution is 2.22. The summed E-state index contributed by atoms with van der Waals surface area (Å²) in [6.07, 6.45) is 1.42. The number of hydrogen-bond acceptors (Lipinski definition) is 7. The Morgan fingerprint density at radius 1 is 1.24 bits per heavy atom. The van der Waals surface area contributed by atoms with E-state index in [-0.39, 0.29) is 17.2 Å². The Labute approximate surface area is 143 Å². The lowest BCUT2D eigenvalue weighted by atomic mass is 10.1. The van der Waals surface area contributed by atoms with Gasteiger partial charge in [-0.25, -0.2) is 4.79 Å². The zero-order valence-corrected chi connectivity index (χ0v) is 13.5. The number of furan rings is 1. The summed E-state index contributed by atoms with van der Waals surface area (Å²) in [5, 5.41) is 13.2. The van der Waals surface area contributed by atoms with Crippen LogP contribution in [0.2, 0.25) is 0 Å². The molecule has 1 aromatic carbocycles. The molecule has 0 saturated carbocycles. The summed E-state index contributed by atoms with van der Waals surface area (Å²) in [4.78, 5) is 15.6. The number of carbonyl (C=O) groups is 1. The third kappa shape index (κ3) is 3.48. The zero-order valence-electron chi connectivity index (χ0n) is 13.5. The van der Waals surface area contributed by atoms with Crippen molar-refractivity contribution < 1.29 is 18.5 Å². The minimum atomic E-state index is -0.599. The van der Waals surface area contributed by atoms with E-state index in [0.717, 1.165) is 11.1 Å². The maximum Gasteiger partial charge on any atom is 0.373 e. The smallest absolute Gasteiger partial charge is 0.373 e. The first-order valence-corrected chi connectivity index (χ1v) is 7.32. The molecule has 7 nitrogen and oxygen atoms in total. The molecule has 0 N–H and O–H groups in total. The number of nitrogens with zero attached hydrogens (tertiary/aromatic N) is 3. The first kappa shape index (κ1) is 16.2. The Kier molecular flexibility index (Phi) is 4.44. The molecule has 0 radical (unpaired) electrons. The van der Waals surface area contributed by atoms with E-state index in [1.54, 1.807) is 6.07 Å². The van der Waals surface area contributed by atoms with E-state index in [4.69, 9.17) is 8.94 Å². The third-order valence-corrected chi connectivity index (χ3v) is 3.39. The van der Waals surface area contributed by atoms with Crippen molar-refractivity contribution in [1.29, 1.82) is 5.26 Å². The number of esters is 1. The van der Waals surface area contributed by atoms with Crippen molar-refractivity contribution in [2.45, 2.75) is 6.92 Å². The van der Waals surface area contributed by atoms with Gasteiger partial charge in [-0.15, -0.1) is 0 Å². The number of aromatic nitrogens is 2. The number of benzene rings is 1. The van der Waals surface area contributed by atoms with Crippen LogP contribution in [0.15, 0.2) is 45.3 Å². The average Bonchev–Trinajstić information content (AvgIpc) is 3.29. The Balaban J connectivity index is 1.89. The minimum absolute atomic E-state index is 0.0388. The van der Waals surface area contributed by atoms with Crippen LogP contribution in [0.5, 0.6) is 0 Å². The van der Waals surface area contributed by atoms with Gasteiger partial charge in [0.15, 0.2) is 0 Å². The molecular formula is C18H13N3O4. The van der Waals surface area contributed by atoms with Gasteiger partial charge >= 0.3 is 5.97 Å². The Morgan fingerprint density at radius 2 is 2.00 bits per heavy atom. The largest absolute Gasteiger partial charge is 0.463 e. The Morgan fingerprint density at radius 3 is 2.68 bits per heavy atom. The first-order chi connectivity index (χ1) is 12.1. The van der Waals surface area contributed by atoms with E-state index >= 15 is 0 Å². The van der Waals surface area contributed by atoms with Gasteiger partial charge in [-0.2, -0.15) is 10.2 Å². The van der Waals surface area contributed by atoms with Gasteiger partial charge in [0, 0.05) is 11.6 Å². The SMILES string of the molecule is COC(=O)c1ccc(/C=C(\C#N)c2nc(-c3ccc(C)cc3)no2)o1. The summed E-state index contributed by atoms with van der Waals surface area (Å²) in [6.45, 7) is 1.98. The summed E-state index contributed by atoms with van der Waals surface area (Å²) in [7, 11) is 1.26. The number of ether oxygens (including phenoxy) is 1. The van der Waals surface area contributed by atoms with Gasteiger partial charge in [0.1, 0.15) is 17.4 Å². The van der Waals surface area contributed by atoms with Crippen LogP contribution >= 0.6 is 0 Å². The van der Waals surface area contributed by atoms with Crippen LogP contribution in [0.4, 0.5) is 0 Å². The number of nitriles is 1. The van der Waals surface area contributed by atoms with Crippen molar-refractivity contribution in [2.24, 2.45) is 0 Å². The molecule has 0 saturated heterocycles. The zero-order chi connectivity index (χ0) is 17.8. The van der Waals surface area contributed by atoms with Crippen molar-refractivity contribution in [2.75, 3.05) is 7.11 Å². The summed E-state index contributed by atoms with van der Waals surface area (Å²) in [5.41, 5.74) is 2.02. The quantitative estimate of drug-likeness (QED) is 0.531. The summed E-state index contributed by atoms with van der Waals surface area (Å²) in [5.74, 6) is 0.182. The van der Waals surface area contributed by atoms with Gasteiger partial charge in [-0.05, 0) is 19.1 Å². The highest BCUT2D eigenvalue weighted by molar-refractivity contribution is 5.88. The summed E-state index contributed by atoms with van der Waals surface area (Å²) < 4.78 is 15.0.